The van der Waals surface area contributed by atoms with Crippen molar-refractivity contribution in [2.24, 2.45) is 11.1 Å². The summed E-state index contributed by atoms with van der Waals surface area (Å²) in [6, 6.07) is 5.57. The summed E-state index contributed by atoms with van der Waals surface area (Å²) >= 11 is 0. The highest BCUT2D eigenvalue weighted by atomic mass is 16.5. The molecule has 1 aliphatic rings. The van der Waals surface area contributed by atoms with Gasteiger partial charge in [-0.1, -0.05) is 32.9 Å². The Morgan fingerprint density at radius 2 is 1.76 bits per heavy atom. The molecule has 1 atom stereocenters. The van der Waals surface area contributed by atoms with E-state index >= 15 is 0 Å². The Kier molecular flexibility index (Phi) is 6.09. The van der Waals surface area contributed by atoms with Gasteiger partial charge in [0.15, 0.2) is 0 Å². The molecule has 9 nitrogen and oxygen atoms in total. The third kappa shape index (κ3) is 4.51. The Hall–Kier alpha value is -2.65. The third-order valence-electron chi connectivity index (χ3n) is 5.20. The van der Waals surface area contributed by atoms with Gasteiger partial charge in [0.2, 0.25) is 5.91 Å². The van der Waals surface area contributed by atoms with Crippen LogP contribution in [0.2, 0.25) is 0 Å². The van der Waals surface area contributed by atoms with Crippen molar-refractivity contribution in [3.05, 3.63) is 34.7 Å². The van der Waals surface area contributed by atoms with E-state index in [0.29, 0.717) is 37.3 Å². The van der Waals surface area contributed by atoms with Gasteiger partial charge in [-0.05, 0) is 17.5 Å². The largest absolute Gasteiger partial charge is 0.379 e. The van der Waals surface area contributed by atoms with Crippen LogP contribution in [0.5, 0.6) is 0 Å². The Morgan fingerprint density at radius 3 is 2.34 bits per heavy atom. The van der Waals surface area contributed by atoms with Crippen molar-refractivity contribution in [2.75, 3.05) is 32.8 Å². The van der Waals surface area contributed by atoms with Gasteiger partial charge < -0.3 is 15.8 Å². The topological polar surface area (TPSA) is 112 Å². The van der Waals surface area contributed by atoms with E-state index in [1.54, 1.807) is 37.5 Å². The minimum atomic E-state index is -0.905. The third-order valence-corrected chi connectivity index (χ3v) is 5.20. The molecule has 0 spiro atoms. The molecule has 29 heavy (non-hydrogen) atoms. The van der Waals surface area contributed by atoms with E-state index in [0.717, 1.165) is 17.7 Å². The summed E-state index contributed by atoms with van der Waals surface area (Å²) in [5.74, 6) is -0.644. The van der Waals surface area contributed by atoms with Crippen LogP contribution in [0.4, 0.5) is 4.79 Å². The van der Waals surface area contributed by atoms with E-state index in [1.807, 2.05) is 12.1 Å². The number of morpholine rings is 1. The molecule has 2 aromatic rings. The fourth-order valence-corrected chi connectivity index (χ4v) is 3.59. The molecule has 1 aromatic carbocycles. The van der Waals surface area contributed by atoms with Crippen LogP contribution < -0.4 is 16.7 Å². The maximum absolute atomic E-state index is 13.1. The minimum Gasteiger partial charge on any atom is -0.379 e. The van der Waals surface area contributed by atoms with Crippen LogP contribution in [-0.4, -0.2) is 64.9 Å². The molecule has 3 rings (SSSR count). The summed E-state index contributed by atoms with van der Waals surface area (Å²) in [6.07, 6.45) is 0. The Morgan fingerprint density at radius 1 is 1.14 bits per heavy atom. The standard InChI is InChI=1S/C20H29N5O4/c1-20(2,3)16(17(21)26)22-18(27)25-15-7-5-4-6-14(15)24(19(25)28)9-8-23-10-12-29-13-11-23/h4-7,16H,8-13H2,1-3H3,(H2,21,26)(H,22,27)/t16-/m1/s1. The van der Waals surface area contributed by atoms with Gasteiger partial charge in [0.05, 0.1) is 24.2 Å². The lowest BCUT2D eigenvalue weighted by Gasteiger charge is -2.28. The zero-order chi connectivity index (χ0) is 21.2. The zero-order valence-electron chi connectivity index (χ0n) is 17.2. The molecule has 2 heterocycles. The lowest BCUT2D eigenvalue weighted by Crippen LogP contribution is -2.54. The first-order valence-electron chi connectivity index (χ1n) is 9.80. The van der Waals surface area contributed by atoms with Crippen molar-refractivity contribution >= 4 is 23.0 Å². The van der Waals surface area contributed by atoms with Gasteiger partial charge in [0.25, 0.3) is 0 Å². The summed E-state index contributed by atoms with van der Waals surface area (Å²) in [5, 5.41) is 2.63. The number of carbonyl (C=O) groups is 2. The van der Waals surface area contributed by atoms with Crippen LogP contribution in [0, 0.1) is 5.41 Å². The number of imidazole rings is 1. The number of hydrogen-bond acceptors (Lipinski definition) is 5. The number of nitrogens with one attached hydrogen (secondary N) is 1. The van der Waals surface area contributed by atoms with Crippen molar-refractivity contribution in [1.29, 1.82) is 0 Å². The fourth-order valence-electron chi connectivity index (χ4n) is 3.59. The minimum absolute atomic E-state index is 0.436. The van der Waals surface area contributed by atoms with E-state index < -0.39 is 29.1 Å². The van der Waals surface area contributed by atoms with Crippen molar-refractivity contribution in [3.8, 4) is 0 Å². The number of nitrogens with two attached hydrogens (primary N) is 1. The monoisotopic (exact) mass is 403 g/mol. The van der Waals surface area contributed by atoms with Crippen LogP contribution in [0.25, 0.3) is 11.0 Å². The average Bonchev–Trinajstić information content (AvgIpc) is 2.95. The number of aromatic nitrogens is 2. The molecule has 1 saturated heterocycles. The molecule has 0 saturated carbocycles. The van der Waals surface area contributed by atoms with E-state index in [-0.39, 0.29) is 0 Å². The number of amides is 2. The lowest BCUT2D eigenvalue weighted by atomic mass is 9.86. The molecule has 0 bridgehead atoms. The average molecular weight is 403 g/mol. The number of carbonyl (C=O) groups excluding carboxylic acids is 2. The number of fused-ring (bicyclic) bond motifs is 1. The normalized spacial score (nSPS) is 16.7. The van der Waals surface area contributed by atoms with Crippen LogP contribution in [0.1, 0.15) is 20.8 Å². The molecule has 0 unspecified atom stereocenters. The molecule has 0 radical (unpaired) electrons. The highest BCUT2D eigenvalue weighted by Gasteiger charge is 2.32. The number of rotatable bonds is 5. The summed E-state index contributed by atoms with van der Waals surface area (Å²) in [7, 11) is 0. The Bertz CT molecular complexity index is 950. The van der Waals surface area contributed by atoms with Gasteiger partial charge in [-0.15, -0.1) is 0 Å². The second-order valence-electron chi connectivity index (χ2n) is 8.36. The van der Waals surface area contributed by atoms with Crippen LogP contribution in [-0.2, 0) is 16.1 Å². The first-order chi connectivity index (χ1) is 13.7. The Balaban J connectivity index is 1.91. The molecule has 0 aliphatic carbocycles. The predicted octanol–water partition coefficient (Wildman–Crippen LogP) is 0.593. The zero-order valence-corrected chi connectivity index (χ0v) is 17.2. The highest BCUT2D eigenvalue weighted by molar-refractivity contribution is 5.92. The number of hydrogen-bond donors (Lipinski definition) is 2. The second-order valence-corrected chi connectivity index (χ2v) is 8.36. The van der Waals surface area contributed by atoms with Crippen molar-refractivity contribution in [1.82, 2.24) is 19.4 Å². The van der Waals surface area contributed by atoms with Crippen LogP contribution in [0.3, 0.4) is 0 Å². The van der Waals surface area contributed by atoms with Crippen LogP contribution in [0.15, 0.2) is 29.1 Å². The van der Waals surface area contributed by atoms with E-state index in [9.17, 15) is 14.4 Å². The summed E-state index contributed by atoms with van der Waals surface area (Å²) < 4.78 is 8.04. The summed E-state index contributed by atoms with van der Waals surface area (Å²) in [5.41, 5.74) is 5.62. The first kappa shape index (κ1) is 21.1. The number of nitrogens with zero attached hydrogens (tertiary/aromatic N) is 3. The molecule has 3 N–H and O–H groups in total. The number of primary amides is 1. The van der Waals surface area contributed by atoms with Gasteiger partial charge in [-0.3, -0.25) is 14.3 Å². The second kappa shape index (κ2) is 8.38. The molecular formula is C20H29N5O4. The maximum atomic E-state index is 13.1. The first-order valence-corrected chi connectivity index (χ1v) is 9.80. The van der Waals surface area contributed by atoms with Crippen molar-refractivity contribution in [2.45, 2.75) is 33.4 Å². The van der Waals surface area contributed by atoms with Gasteiger partial charge in [0.1, 0.15) is 6.04 Å². The van der Waals surface area contributed by atoms with E-state index in [2.05, 4.69) is 10.2 Å². The van der Waals surface area contributed by atoms with E-state index in [1.165, 1.54) is 0 Å². The summed E-state index contributed by atoms with van der Waals surface area (Å²) in [4.78, 5) is 40.1. The maximum Gasteiger partial charge on any atom is 0.337 e. The SMILES string of the molecule is CC(C)(C)[C@H](NC(=O)n1c(=O)n(CCN2CCOCC2)c2ccccc21)C(N)=O. The highest BCUT2D eigenvalue weighted by Crippen LogP contribution is 2.20. The van der Waals surface area contributed by atoms with Crippen molar-refractivity contribution in [3.63, 3.8) is 0 Å². The molecule has 9 heteroatoms. The molecular weight excluding hydrogens is 374 g/mol. The van der Waals surface area contributed by atoms with E-state index in [4.69, 9.17) is 10.5 Å². The molecule has 2 amide bonds. The van der Waals surface area contributed by atoms with Gasteiger partial charge in [0, 0.05) is 26.2 Å². The fraction of sp³-hybridized carbons (Fsp3) is 0.550. The smallest absolute Gasteiger partial charge is 0.337 e. The number of ether oxygens (including phenoxy) is 1. The number of benzene rings is 1. The van der Waals surface area contributed by atoms with Crippen LogP contribution >= 0.6 is 0 Å². The van der Waals surface area contributed by atoms with Gasteiger partial charge in [-0.2, -0.15) is 0 Å². The van der Waals surface area contributed by atoms with Gasteiger partial charge >= 0.3 is 11.7 Å². The molecule has 158 valence electrons. The molecule has 1 fully saturated rings. The predicted molar refractivity (Wildman–Crippen MR) is 110 cm³/mol. The number of para-hydroxylation sites is 2. The molecule has 1 aromatic heterocycles. The van der Waals surface area contributed by atoms with Crippen molar-refractivity contribution < 1.29 is 14.3 Å². The lowest BCUT2D eigenvalue weighted by molar-refractivity contribution is -0.122. The van der Waals surface area contributed by atoms with Gasteiger partial charge in [-0.25, -0.2) is 14.2 Å². The Labute approximate surface area is 169 Å². The molecule has 1 aliphatic heterocycles. The summed E-state index contributed by atoms with van der Waals surface area (Å²) in [6.45, 7) is 9.55. The quantitative estimate of drug-likeness (QED) is 0.759.